The average Bonchev–Trinajstić information content (AvgIpc) is 2.65. The Morgan fingerprint density at radius 3 is 3.06 bits per heavy atom. The van der Waals surface area contributed by atoms with Gasteiger partial charge in [0.15, 0.2) is 0 Å². The van der Waals surface area contributed by atoms with Crippen LogP contribution in [0.2, 0.25) is 0 Å². The fourth-order valence-electron chi connectivity index (χ4n) is 1.88. The van der Waals surface area contributed by atoms with E-state index in [9.17, 15) is 0 Å². The lowest BCUT2D eigenvalue weighted by atomic mass is 10.1. The number of oxazole rings is 1. The fourth-order valence-corrected chi connectivity index (χ4v) is 1.88. The quantitative estimate of drug-likeness (QED) is 0.832. The molecule has 1 N–H and O–H groups in total. The predicted octanol–water partition coefficient (Wildman–Crippen LogP) is 1.01. The minimum Gasteiger partial charge on any atom is -0.432 e. The van der Waals surface area contributed by atoms with Crippen molar-refractivity contribution in [3.05, 3.63) is 12.0 Å². The largest absolute Gasteiger partial charge is 0.432 e. The van der Waals surface area contributed by atoms with Crippen molar-refractivity contribution in [2.75, 3.05) is 31.6 Å². The van der Waals surface area contributed by atoms with Crippen molar-refractivity contribution in [2.24, 2.45) is 0 Å². The molecular weight excluding hydrogens is 206 g/mol. The third-order valence-electron chi connectivity index (χ3n) is 2.59. The van der Waals surface area contributed by atoms with Crippen molar-refractivity contribution >= 4 is 6.01 Å². The first-order chi connectivity index (χ1) is 7.61. The maximum Gasteiger partial charge on any atom is 0.297 e. The molecule has 2 rings (SSSR count). The number of anilines is 1. The molecule has 5 heteroatoms. The molecule has 2 heterocycles. The number of hydrogen-bond acceptors (Lipinski definition) is 5. The third kappa shape index (κ3) is 2.54. The highest BCUT2D eigenvalue weighted by atomic mass is 16.5. The molecule has 0 saturated carbocycles. The number of ether oxygens (including phenoxy) is 1. The molecule has 1 aliphatic heterocycles. The molecule has 1 aromatic heterocycles. The minimum atomic E-state index is -0.129. The van der Waals surface area contributed by atoms with Gasteiger partial charge in [0.2, 0.25) is 0 Å². The summed E-state index contributed by atoms with van der Waals surface area (Å²) in [6.07, 6.45) is 1.70. The number of aromatic nitrogens is 1. The van der Waals surface area contributed by atoms with Crippen LogP contribution in [-0.4, -0.2) is 37.3 Å². The molecule has 16 heavy (non-hydrogen) atoms. The van der Waals surface area contributed by atoms with E-state index in [-0.39, 0.29) is 5.60 Å². The maximum absolute atomic E-state index is 5.65. The standard InChI is InChI=1S/C11H19N3O2/c1-11(2)8-14(4-5-16-11)10-13-9(6-12-3)7-15-10/h7,12H,4-6,8H2,1-3H3. The number of nitrogens with one attached hydrogen (secondary N) is 1. The van der Waals surface area contributed by atoms with E-state index in [0.29, 0.717) is 6.01 Å². The molecular formula is C11H19N3O2. The SMILES string of the molecule is CNCc1coc(N2CCOC(C)(C)C2)n1. The Labute approximate surface area is 95.8 Å². The first kappa shape index (κ1) is 11.4. The topological polar surface area (TPSA) is 50.5 Å². The summed E-state index contributed by atoms with van der Waals surface area (Å²) in [5.41, 5.74) is 0.803. The van der Waals surface area contributed by atoms with Crippen LogP contribution in [0.5, 0.6) is 0 Å². The molecule has 0 unspecified atom stereocenters. The summed E-state index contributed by atoms with van der Waals surface area (Å²) in [6, 6.07) is 0.696. The Bertz CT molecular complexity index is 349. The highest BCUT2D eigenvalue weighted by molar-refractivity contribution is 5.28. The molecule has 0 amide bonds. The lowest BCUT2D eigenvalue weighted by Gasteiger charge is -2.37. The molecule has 0 radical (unpaired) electrons. The van der Waals surface area contributed by atoms with Gasteiger partial charge in [-0.3, -0.25) is 0 Å². The molecule has 1 aromatic rings. The molecule has 0 atom stereocenters. The molecule has 1 aliphatic rings. The van der Waals surface area contributed by atoms with Gasteiger partial charge in [-0.15, -0.1) is 0 Å². The van der Waals surface area contributed by atoms with Crippen LogP contribution in [0.25, 0.3) is 0 Å². The average molecular weight is 225 g/mol. The number of hydrogen-bond donors (Lipinski definition) is 1. The molecule has 1 saturated heterocycles. The van der Waals surface area contributed by atoms with Gasteiger partial charge in [-0.05, 0) is 20.9 Å². The molecule has 0 aliphatic carbocycles. The van der Waals surface area contributed by atoms with Crippen LogP contribution < -0.4 is 10.2 Å². The van der Waals surface area contributed by atoms with Crippen molar-refractivity contribution in [2.45, 2.75) is 26.0 Å². The lowest BCUT2D eigenvalue weighted by Crippen LogP contribution is -2.48. The van der Waals surface area contributed by atoms with E-state index in [1.54, 1.807) is 6.26 Å². The van der Waals surface area contributed by atoms with Crippen molar-refractivity contribution in [1.82, 2.24) is 10.3 Å². The van der Waals surface area contributed by atoms with Crippen molar-refractivity contribution in [3.8, 4) is 0 Å². The van der Waals surface area contributed by atoms with Crippen LogP contribution in [0.4, 0.5) is 6.01 Å². The van der Waals surface area contributed by atoms with Crippen LogP contribution in [0, 0.1) is 0 Å². The zero-order chi connectivity index (χ0) is 11.6. The molecule has 90 valence electrons. The Kier molecular flexibility index (Phi) is 3.16. The first-order valence-corrected chi connectivity index (χ1v) is 5.59. The molecule has 5 nitrogen and oxygen atoms in total. The normalized spacial score (nSPS) is 20.1. The second-order valence-electron chi connectivity index (χ2n) is 4.68. The van der Waals surface area contributed by atoms with Gasteiger partial charge in [-0.25, -0.2) is 0 Å². The molecule has 0 bridgehead atoms. The number of morpholine rings is 1. The van der Waals surface area contributed by atoms with E-state index in [0.717, 1.165) is 31.9 Å². The van der Waals surface area contributed by atoms with Crippen LogP contribution in [0.15, 0.2) is 10.7 Å². The summed E-state index contributed by atoms with van der Waals surface area (Å²) in [6.45, 7) is 7.26. The highest BCUT2D eigenvalue weighted by Gasteiger charge is 2.29. The summed E-state index contributed by atoms with van der Waals surface area (Å²) in [7, 11) is 1.90. The van der Waals surface area contributed by atoms with Crippen LogP contribution in [0.3, 0.4) is 0 Å². The third-order valence-corrected chi connectivity index (χ3v) is 2.59. The zero-order valence-electron chi connectivity index (χ0n) is 10.1. The summed E-state index contributed by atoms with van der Waals surface area (Å²) < 4.78 is 11.1. The number of rotatable bonds is 3. The second-order valence-corrected chi connectivity index (χ2v) is 4.68. The Morgan fingerprint density at radius 2 is 2.38 bits per heavy atom. The zero-order valence-corrected chi connectivity index (χ0v) is 10.1. The monoisotopic (exact) mass is 225 g/mol. The molecule has 1 fully saturated rings. The van der Waals surface area contributed by atoms with Gasteiger partial charge < -0.3 is 19.4 Å². The first-order valence-electron chi connectivity index (χ1n) is 5.59. The van der Waals surface area contributed by atoms with E-state index >= 15 is 0 Å². The predicted molar refractivity (Wildman–Crippen MR) is 61.5 cm³/mol. The fraction of sp³-hybridized carbons (Fsp3) is 0.727. The van der Waals surface area contributed by atoms with Crippen molar-refractivity contribution in [1.29, 1.82) is 0 Å². The van der Waals surface area contributed by atoms with Gasteiger partial charge in [0.1, 0.15) is 6.26 Å². The van der Waals surface area contributed by atoms with E-state index in [4.69, 9.17) is 9.15 Å². The lowest BCUT2D eigenvalue weighted by molar-refractivity contribution is -0.0290. The summed E-state index contributed by atoms with van der Waals surface area (Å²) in [5, 5.41) is 3.05. The van der Waals surface area contributed by atoms with E-state index in [2.05, 4.69) is 29.0 Å². The van der Waals surface area contributed by atoms with Gasteiger partial charge in [-0.1, -0.05) is 0 Å². The summed E-state index contributed by atoms with van der Waals surface area (Å²) >= 11 is 0. The van der Waals surface area contributed by atoms with Gasteiger partial charge in [0.25, 0.3) is 6.01 Å². The van der Waals surface area contributed by atoms with Crippen molar-refractivity contribution in [3.63, 3.8) is 0 Å². The van der Waals surface area contributed by atoms with E-state index in [1.807, 2.05) is 7.05 Å². The van der Waals surface area contributed by atoms with Crippen LogP contribution in [-0.2, 0) is 11.3 Å². The summed E-state index contributed by atoms with van der Waals surface area (Å²) in [5.74, 6) is 0. The van der Waals surface area contributed by atoms with Gasteiger partial charge in [0.05, 0.1) is 24.4 Å². The van der Waals surface area contributed by atoms with E-state index in [1.165, 1.54) is 0 Å². The highest BCUT2D eigenvalue weighted by Crippen LogP contribution is 2.22. The Balaban J connectivity index is 2.05. The summed E-state index contributed by atoms with van der Waals surface area (Å²) in [4.78, 5) is 6.56. The van der Waals surface area contributed by atoms with Gasteiger partial charge in [0, 0.05) is 13.1 Å². The Hall–Kier alpha value is -1.07. The Morgan fingerprint density at radius 1 is 1.56 bits per heavy atom. The molecule has 0 aromatic carbocycles. The maximum atomic E-state index is 5.65. The number of nitrogens with zero attached hydrogens (tertiary/aromatic N) is 2. The minimum absolute atomic E-state index is 0.129. The van der Waals surface area contributed by atoms with Gasteiger partial charge >= 0.3 is 0 Å². The smallest absolute Gasteiger partial charge is 0.297 e. The van der Waals surface area contributed by atoms with Gasteiger partial charge in [-0.2, -0.15) is 4.98 Å². The van der Waals surface area contributed by atoms with Crippen molar-refractivity contribution < 1.29 is 9.15 Å². The molecule has 0 spiro atoms. The van der Waals surface area contributed by atoms with Crippen LogP contribution >= 0.6 is 0 Å². The van der Waals surface area contributed by atoms with E-state index < -0.39 is 0 Å². The van der Waals surface area contributed by atoms with Crippen LogP contribution in [0.1, 0.15) is 19.5 Å². The second kappa shape index (κ2) is 4.43.